The van der Waals surface area contributed by atoms with Gasteiger partial charge in [0.1, 0.15) is 11.5 Å². The van der Waals surface area contributed by atoms with E-state index < -0.39 is 6.10 Å². The summed E-state index contributed by atoms with van der Waals surface area (Å²) in [6.45, 7) is 3.67. The van der Waals surface area contributed by atoms with Crippen molar-refractivity contribution in [2.45, 2.75) is 58.2 Å². The van der Waals surface area contributed by atoms with Crippen molar-refractivity contribution in [2.75, 3.05) is 7.11 Å². The van der Waals surface area contributed by atoms with Crippen LogP contribution in [0.15, 0.2) is 42.5 Å². The Morgan fingerprint density at radius 2 is 2.10 bits per heavy atom. The fourth-order valence-electron chi connectivity index (χ4n) is 3.54. The quantitative estimate of drug-likeness (QED) is 0.359. The number of Topliss-reactive ketones (excluding diaryl/α,β-unsaturated/α-hetero) is 1. The molecule has 0 heterocycles. The average molecular weight is 401 g/mol. The molecule has 1 aromatic rings. The first kappa shape index (κ1) is 22.9. The monoisotopic (exact) mass is 400 g/mol. The molecule has 2 rings (SSSR count). The Hall–Kier alpha value is -2.40. The normalized spacial score (nSPS) is 22.1. The summed E-state index contributed by atoms with van der Waals surface area (Å²) in [5.41, 5.74) is 0.971. The molecule has 0 saturated heterocycles. The van der Waals surface area contributed by atoms with Gasteiger partial charge in [-0.05, 0) is 50.8 Å². The van der Waals surface area contributed by atoms with Crippen LogP contribution in [-0.2, 0) is 14.3 Å². The number of carbonyl (C=O) groups excluding carboxylic acids is 2. The first-order valence-corrected chi connectivity index (χ1v) is 10.3. The number of methoxy groups -OCH3 is 1. The maximum Gasteiger partial charge on any atom is 0.306 e. The predicted octanol–water partition coefficient (Wildman–Crippen LogP) is 4.34. The van der Waals surface area contributed by atoms with Crippen molar-refractivity contribution >= 4 is 17.8 Å². The molecule has 158 valence electrons. The number of hydrogen-bond donors (Lipinski definition) is 1. The Morgan fingerprint density at radius 3 is 2.83 bits per heavy atom. The molecule has 1 N–H and O–H groups in total. The van der Waals surface area contributed by atoms with E-state index in [1.165, 1.54) is 0 Å². The number of ether oxygens (including phenoxy) is 2. The molecule has 1 saturated carbocycles. The summed E-state index contributed by atoms with van der Waals surface area (Å²) in [6.07, 6.45) is 9.82. The number of hydrogen-bond acceptors (Lipinski definition) is 5. The highest BCUT2D eigenvalue weighted by molar-refractivity contribution is 5.85. The first-order valence-electron chi connectivity index (χ1n) is 10.3. The zero-order valence-corrected chi connectivity index (χ0v) is 17.5. The Kier molecular flexibility index (Phi) is 9.13. The van der Waals surface area contributed by atoms with Crippen molar-refractivity contribution in [3.63, 3.8) is 0 Å². The number of esters is 1. The number of ketones is 1. The van der Waals surface area contributed by atoms with Crippen molar-refractivity contribution < 1.29 is 24.2 Å². The minimum atomic E-state index is -0.645. The standard InChI is InChI=1S/C24H32O5/c1-17(2)29-24(27)12-7-5-4-6-11-20-21(23(26)16-22(20)25)14-13-18-9-8-10-19(15-18)28-3/h4,6,8-10,13-15,17,20-21,23,26H,5,7,11-12,16H2,1-3H3/b6-4-,14-13+/t20-,21-,23-/m1/s1. The number of carbonyl (C=O) groups is 2. The first-order chi connectivity index (χ1) is 13.9. The lowest BCUT2D eigenvalue weighted by atomic mass is 9.90. The van der Waals surface area contributed by atoms with E-state index in [2.05, 4.69) is 0 Å². The molecule has 1 aliphatic carbocycles. The van der Waals surface area contributed by atoms with Crippen LogP contribution in [0.4, 0.5) is 0 Å². The van der Waals surface area contributed by atoms with Gasteiger partial charge in [-0.1, -0.05) is 36.4 Å². The summed E-state index contributed by atoms with van der Waals surface area (Å²) >= 11 is 0. The predicted molar refractivity (Wildman–Crippen MR) is 113 cm³/mol. The number of unbranched alkanes of at least 4 members (excludes halogenated alkanes) is 1. The summed E-state index contributed by atoms with van der Waals surface area (Å²) < 4.78 is 10.3. The summed E-state index contributed by atoms with van der Waals surface area (Å²) in [4.78, 5) is 23.8. The minimum Gasteiger partial charge on any atom is -0.497 e. The molecule has 0 unspecified atom stereocenters. The van der Waals surface area contributed by atoms with Crippen molar-refractivity contribution in [1.29, 1.82) is 0 Å². The second-order valence-corrected chi connectivity index (χ2v) is 7.70. The molecule has 0 amide bonds. The van der Waals surface area contributed by atoms with Crippen LogP contribution in [0.1, 0.15) is 51.5 Å². The molecule has 0 bridgehead atoms. The fourth-order valence-corrected chi connectivity index (χ4v) is 3.54. The molecule has 0 aliphatic heterocycles. The van der Waals surface area contributed by atoms with Gasteiger partial charge in [-0.3, -0.25) is 9.59 Å². The van der Waals surface area contributed by atoms with Crippen LogP contribution >= 0.6 is 0 Å². The van der Waals surface area contributed by atoms with Crippen LogP contribution in [0.25, 0.3) is 6.08 Å². The van der Waals surface area contributed by atoms with Gasteiger partial charge in [0.15, 0.2) is 0 Å². The van der Waals surface area contributed by atoms with E-state index >= 15 is 0 Å². The van der Waals surface area contributed by atoms with Crippen molar-refractivity contribution in [2.24, 2.45) is 11.8 Å². The maximum absolute atomic E-state index is 12.3. The second-order valence-electron chi connectivity index (χ2n) is 7.70. The second kappa shape index (κ2) is 11.6. The van der Waals surface area contributed by atoms with Crippen LogP contribution in [0.5, 0.6) is 5.75 Å². The van der Waals surface area contributed by atoms with Crippen LogP contribution < -0.4 is 4.74 Å². The molecule has 1 aromatic carbocycles. The molecule has 0 radical (unpaired) electrons. The van der Waals surface area contributed by atoms with Gasteiger partial charge in [0.05, 0.1) is 19.3 Å². The van der Waals surface area contributed by atoms with Crippen LogP contribution in [0.3, 0.4) is 0 Å². The van der Waals surface area contributed by atoms with Gasteiger partial charge in [0.2, 0.25) is 0 Å². The topological polar surface area (TPSA) is 72.8 Å². The lowest BCUT2D eigenvalue weighted by molar-refractivity contribution is -0.147. The molecule has 3 atom stereocenters. The number of aliphatic hydroxyl groups excluding tert-OH is 1. The largest absolute Gasteiger partial charge is 0.497 e. The lowest BCUT2D eigenvalue weighted by Crippen LogP contribution is -2.17. The molecule has 0 spiro atoms. The molecular weight excluding hydrogens is 368 g/mol. The zero-order valence-electron chi connectivity index (χ0n) is 17.5. The third-order valence-corrected chi connectivity index (χ3v) is 5.01. The Labute approximate surface area is 173 Å². The van der Waals surface area contributed by atoms with Gasteiger partial charge >= 0.3 is 5.97 Å². The summed E-state index contributed by atoms with van der Waals surface area (Å²) in [5.74, 6) is 0.286. The smallest absolute Gasteiger partial charge is 0.306 e. The molecule has 1 aliphatic rings. The van der Waals surface area contributed by atoms with E-state index in [1.54, 1.807) is 7.11 Å². The van der Waals surface area contributed by atoms with E-state index in [1.807, 2.05) is 62.4 Å². The third-order valence-electron chi connectivity index (χ3n) is 5.01. The molecule has 0 aromatic heterocycles. The molecule has 5 nitrogen and oxygen atoms in total. The van der Waals surface area contributed by atoms with E-state index in [4.69, 9.17) is 9.47 Å². The highest BCUT2D eigenvalue weighted by Gasteiger charge is 2.39. The minimum absolute atomic E-state index is 0.0835. The number of allylic oxidation sites excluding steroid dienone is 2. The highest BCUT2D eigenvalue weighted by Crippen LogP contribution is 2.34. The highest BCUT2D eigenvalue weighted by atomic mass is 16.5. The molecule has 1 fully saturated rings. The Bertz CT molecular complexity index is 735. The Morgan fingerprint density at radius 1 is 1.31 bits per heavy atom. The third kappa shape index (κ3) is 7.50. The van der Waals surface area contributed by atoms with Gasteiger partial charge in [-0.2, -0.15) is 0 Å². The summed E-state index contributed by atoms with van der Waals surface area (Å²) in [5, 5.41) is 10.3. The molecular formula is C24H32O5. The van der Waals surface area contributed by atoms with Gasteiger partial charge in [0.25, 0.3) is 0 Å². The van der Waals surface area contributed by atoms with Gasteiger partial charge < -0.3 is 14.6 Å². The molecule has 29 heavy (non-hydrogen) atoms. The summed E-state index contributed by atoms with van der Waals surface area (Å²) in [7, 11) is 1.62. The SMILES string of the molecule is COc1cccc(/C=C/[C@H]2[C@H](O)CC(=O)[C@@H]2C/C=C\CCCC(=O)OC(C)C)c1. The van der Waals surface area contributed by atoms with E-state index in [0.29, 0.717) is 12.8 Å². The van der Waals surface area contributed by atoms with Gasteiger partial charge in [-0.15, -0.1) is 0 Å². The van der Waals surface area contributed by atoms with Crippen molar-refractivity contribution in [3.05, 3.63) is 48.1 Å². The van der Waals surface area contributed by atoms with Crippen LogP contribution in [0.2, 0.25) is 0 Å². The Balaban J connectivity index is 1.86. The van der Waals surface area contributed by atoms with E-state index in [0.717, 1.165) is 24.2 Å². The van der Waals surface area contributed by atoms with Crippen molar-refractivity contribution in [3.8, 4) is 5.75 Å². The lowest BCUT2D eigenvalue weighted by Gasteiger charge is -2.16. The van der Waals surface area contributed by atoms with E-state index in [9.17, 15) is 14.7 Å². The number of aliphatic hydroxyl groups is 1. The number of benzene rings is 1. The van der Waals surface area contributed by atoms with Crippen LogP contribution in [-0.4, -0.2) is 36.2 Å². The zero-order chi connectivity index (χ0) is 21.2. The van der Waals surface area contributed by atoms with Gasteiger partial charge in [0, 0.05) is 24.7 Å². The van der Waals surface area contributed by atoms with Gasteiger partial charge in [-0.25, -0.2) is 0 Å². The maximum atomic E-state index is 12.3. The van der Waals surface area contributed by atoms with E-state index in [-0.39, 0.29) is 36.1 Å². The fraction of sp³-hybridized carbons (Fsp3) is 0.500. The average Bonchev–Trinajstić information content (AvgIpc) is 2.95. The summed E-state index contributed by atoms with van der Waals surface area (Å²) in [6, 6.07) is 7.66. The van der Waals surface area contributed by atoms with Crippen LogP contribution in [0, 0.1) is 11.8 Å². The molecule has 5 heteroatoms. The van der Waals surface area contributed by atoms with Crippen molar-refractivity contribution in [1.82, 2.24) is 0 Å². The number of rotatable bonds is 10.